The van der Waals surface area contributed by atoms with Crippen LogP contribution in [0.2, 0.25) is 0 Å². The van der Waals surface area contributed by atoms with Crippen LogP contribution in [0.25, 0.3) is 0 Å². The molecule has 4 nitrogen and oxygen atoms in total. The van der Waals surface area contributed by atoms with Gasteiger partial charge in [-0.2, -0.15) is 13.2 Å². The van der Waals surface area contributed by atoms with E-state index in [-0.39, 0.29) is 0 Å². The van der Waals surface area contributed by atoms with E-state index in [0.29, 0.717) is 0 Å². The molecule has 1 rings (SSSR count). The molecule has 0 spiro atoms. The number of nitrogens with one attached hydrogen (secondary N) is 1. The Bertz CT molecular complexity index is 203. The zero-order chi connectivity index (χ0) is 12.6. The highest BCUT2D eigenvalue weighted by atomic mass is 19.4. The first kappa shape index (κ1) is 15.2. The predicted octanol–water partition coefficient (Wildman–Crippen LogP) is 0.935. The molecular formula is C9H17F3N2O2. The van der Waals surface area contributed by atoms with Crippen LogP contribution in [0.1, 0.15) is 12.8 Å². The minimum atomic E-state index is -5.08. The zero-order valence-electron chi connectivity index (χ0n) is 9.18. The molecule has 0 aromatic heterocycles. The fourth-order valence-electron chi connectivity index (χ4n) is 1.28. The molecule has 16 heavy (non-hydrogen) atoms. The first-order valence-electron chi connectivity index (χ1n) is 5.05. The van der Waals surface area contributed by atoms with Crippen molar-refractivity contribution in [1.82, 2.24) is 10.2 Å². The SMILES string of the molecule is CNCCN1CCCC1.O=C(O)C(F)(F)F. The van der Waals surface area contributed by atoms with E-state index < -0.39 is 12.1 Å². The fraction of sp³-hybridized carbons (Fsp3) is 0.889. The van der Waals surface area contributed by atoms with E-state index in [0.717, 1.165) is 6.54 Å². The molecule has 0 atom stereocenters. The maximum Gasteiger partial charge on any atom is 0.490 e. The molecule has 0 bridgehead atoms. The van der Waals surface area contributed by atoms with Gasteiger partial charge in [0.1, 0.15) is 0 Å². The summed E-state index contributed by atoms with van der Waals surface area (Å²) in [7, 11) is 2.01. The Morgan fingerprint density at radius 3 is 2.12 bits per heavy atom. The van der Waals surface area contributed by atoms with Crippen molar-refractivity contribution in [3.8, 4) is 0 Å². The summed E-state index contributed by atoms with van der Waals surface area (Å²) in [6, 6.07) is 0. The molecule has 0 aromatic carbocycles. The number of carboxylic acid groups (broad SMARTS) is 1. The summed E-state index contributed by atoms with van der Waals surface area (Å²) in [5.74, 6) is -2.76. The van der Waals surface area contributed by atoms with Crippen LogP contribution in [0.4, 0.5) is 13.2 Å². The molecule has 96 valence electrons. The van der Waals surface area contributed by atoms with Gasteiger partial charge in [0.2, 0.25) is 0 Å². The second-order valence-corrected chi connectivity index (χ2v) is 3.46. The predicted molar refractivity (Wildman–Crippen MR) is 53.3 cm³/mol. The molecule has 7 heteroatoms. The number of hydrogen-bond donors (Lipinski definition) is 2. The number of aliphatic carboxylic acids is 1. The highest BCUT2D eigenvalue weighted by Crippen LogP contribution is 2.13. The van der Waals surface area contributed by atoms with Crippen molar-refractivity contribution >= 4 is 5.97 Å². The summed E-state index contributed by atoms with van der Waals surface area (Å²) in [5.41, 5.74) is 0. The summed E-state index contributed by atoms with van der Waals surface area (Å²) in [4.78, 5) is 11.4. The number of halogens is 3. The molecule has 0 unspecified atom stereocenters. The van der Waals surface area contributed by atoms with Gasteiger partial charge in [0.25, 0.3) is 0 Å². The van der Waals surface area contributed by atoms with Gasteiger partial charge < -0.3 is 15.3 Å². The van der Waals surface area contributed by atoms with Crippen LogP contribution in [-0.2, 0) is 4.79 Å². The first-order valence-corrected chi connectivity index (χ1v) is 5.05. The Labute approximate surface area is 92.4 Å². The number of carboxylic acids is 1. The molecule has 0 aliphatic carbocycles. The van der Waals surface area contributed by atoms with Gasteiger partial charge >= 0.3 is 12.1 Å². The third-order valence-corrected chi connectivity index (χ3v) is 2.12. The average molecular weight is 242 g/mol. The Hall–Kier alpha value is -0.820. The van der Waals surface area contributed by atoms with E-state index in [2.05, 4.69) is 10.2 Å². The van der Waals surface area contributed by atoms with Gasteiger partial charge in [0, 0.05) is 13.1 Å². The molecule has 0 radical (unpaired) electrons. The normalized spacial score (nSPS) is 16.8. The van der Waals surface area contributed by atoms with Crippen molar-refractivity contribution < 1.29 is 23.1 Å². The number of alkyl halides is 3. The lowest BCUT2D eigenvalue weighted by molar-refractivity contribution is -0.192. The molecule has 1 heterocycles. The summed E-state index contributed by atoms with van der Waals surface area (Å²) in [5, 5.41) is 10.3. The zero-order valence-corrected chi connectivity index (χ0v) is 9.18. The largest absolute Gasteiger partial charge is 0.490 e. The molecule has 1 saturated heterocycles. The lowest BCUT2D eigenvalue weighted by atomic mass is 10.4. The number of rotatable bonds is 3. The maximum absolute atomic E-state index is 10.6. The van der Waals surface area contributed by atoms with Crippen LogP contribution in [0, 0.1) is 0 Å². The van der Waals surface area contributed by atoms with E-state index in [4.69, 9.17) is 9.90 Å². The minimum Gasteiger partial charge on any atom is -0.475 e. The van der Waals surface area contributed by atoms with Crippen molar-refractivity contribution in [2.24, 2.45) is 0 Å². The minimum absolute atomic E-state index is 1.14. The third-order valence-electron chi connectivity index (χ3n) is 2.12. The number of carbonyl (C=O) groups is 1. The molecule has 1 fully saturated rings. The van der Waals surface area contributed by atoms with Gasteiger partial charge in [0.15, 0.2) is 0 Å². The van der Waals surface area contributed by atoms with Gasteiger partial charge in [-0.3, -0.25) is 0 Å². The third kappa shape index (κ3) is 7.47. The molecule has 0 amide bonds. The van der Waals surface area contributed by atoms with Crippen LogP contribution in [0.5, 0.6) is 0 Å². The van der Waals surface area contributed by atoms with Gasteiger partial charge in [-0.1, -0.05) is 0 Å². The van der Waals surface area contributed by atoms with Crippen LogP contribution < -0.4 is 5.32 Å². The first-order chi connectivity index (χ1) is 7.38. The van der Waals surface area contributed by atoms with Crippen molar-refractivity contribution in [1.29, 1.82) is 0 Å². The maximum atomic E-state index is 10.6. The Kier molecular flexibility index (Phi) is 7.07. The second kappa shape index (κ2) is 7.45. The highest BCUT2D eigenvalue weighted by Gasteiger charge is 2.38. The fourth-order valence-corrected chi connectivity index (χ4v) is 1.28. The summed E-state index contributed by atoms with van der Waals surface area (Å²) < 4.78 is 31.7. The number of likely N-dealkylation sites (N-methyl/N-ethyl adjacent to an activating group) is 1. The number of hydrogen-bond acceptors (Lipinski definition) is 3. The van der Waals surface area contributed by atoms with E-state index in [9.17, 15) is 13.2 Å². The number of nitrogens with zero attached hydrogens (tertiary/aromatic N) is 1. The van der Waals surface area contributed by atoms with Crippen molar-refractivity contribution in [2.45, 2.75) is 19.0 Å². The topological polar surface area (TPSA) is 52.6 Å². The Morgan fingerprint density at radius 2 is 1.81 bits per heavy atom. The van der Waals surface area contributed by atoms with E-state index in [1.165, 1.54) is 32.5 Å². The average Bonchev–Trinajstić information content (AvgIpc) is 2.66. The molecule has 0 aromatic rings. The van der Waals surface area contributed by atoms with Crippen LogP contribution in [0.3, 0.4) is 0 Å². The Balaban J connectivity index is 0.000000293. The van der Waals surface area contributed by atoms with Crippen molar-refractivity contribution in [3.63, 3.8) is 0 Å². The molecule has 1 aliphatic rings. The van der Waals surface area contributed by atoms with Crippen LogP contribution in [0.15, 0.2) is 0 Å². The molecule has 0 saturated carbocycles. The summed E-state index contributed by atoms with van der Waals surface area (Å²) in [6.07, 6.45) is -2.27. The van der Waals surface area contributed by atoms with Gasteiger partial charge in [-0.25, -0.2) is 4.79 Å². The van der Waals surface area contributed by atoms with Crippen molar-refractivity contribution in [3.05, 3.63) is 0 Å². The second-order valence-electron chi connectivity index (χ2n) is 3.46. The Morgan fingerprint density at radius 1 is 1.38 bits per heavy atom. The number of likely N-dealkylation sites (tertiary alicyclic amines) is 1. The van der Waals surface area contributed by atoms with E-state index in [1.807, 2.05) is 7.05 Å². The molecule has 1 aliphatic heterocycles. The monoisotopic (exact) mass is 242 g/mol. The highest BCUT2D eigenvalue weighted by molar-refractivity contribution is 5.73. The summed E-state index contributed by atoms with van der Waals surface area (Å²) >= 11 is 0. The van der Waals surface area contributed by atoms with Gasteiger partial charge in [0.05, 0.1) is 0 Å². The van der Waals surface area contributed by atoms with Crippen LogP contribution >= 0.6 is 0 Å². The summed E-state index contributed by atoms with van der Waals surface area (Å²) in [6.45, 7) is 5.01. The smallest absolute Gasteiger partial charge is 0.475 e. The van der Waals surface area contributed by atoms with E-state index in [1.54, 1.807) is 0 Å². The van der Waals surface area contributed by atoms with Crippen LogP contribution in [-0.4, -0.2) is 55.4 Å². The lowest BCUT2D eigenvalue weighted by Gasteiger charge is -2.12. The molecule has 2 N–H and O–H groups in total. The quantitative estimate of drug-likeness (QED) is 0.773. The van der Waals surface area contributed by atoms with Gasteiger partial charge in [-0.15, -0.1) is 0 Å². The van der Waals surface area contributed by atoms with Crippen molar-refractivity contribution in [2.75, 3.05) is 33.2 Å². The van der Waals surface area contributed by atoms with Gasteiger partial charge in [-0.05, 0) is 33.0 Å². The standard InChI is InChI=1S/C7H16N2.C2HF3O2/c1-8-4-7-9-5-2-3-6-9;3-2(4,5)1(6)7/h8H,2-7H2,1H3;(H,6,7). The lowest BCUT2D eigenvalue weighted by Crippen LogP contribution is -2.27. The van der Waals surface area contributed by atoms with E-state index >= 15 is 0 Å². The molecular weight excluding hydrogens is 225 g/mol.